The Labute approximate surface area is 169 Å². The quantitative estimate of drug-likeness (QED) is 0.384. The van der Waals surface area contributed by atoms with Crippen molar-refractivity contribution in [2.75, 3.05) is 6.61 Å². The highest BCUT2D eigenvalue weighted by Crippen LogP contribution is 2.52. The van der Waals surface area contributed by atoms with Gasteiger partial charge in [-0.25, -0.2) is 4.79 Å². The van der Waals surface area contributed by atoms with Gasteiger partial charge >= 0.3 is 5.97 Å². The van der Waals surface area contributed by atoms with Crippen LogP contribution in [0.4, 0.5) is 0 Å². The van der Waals surface area contributed by atoms with Crippen molar-refractivity contribution in [1.29, 1.82) is 0 Å². The van der Waals surface area contributed by atoms with Gasteiger partial charge in [0.2, 0.25) is 0 Å². The monoisotopic (exact) mass is 410 g/mol. The van der Waals surface area contributed by atoms with E-state index in [9.17, 15) is 25.2 Å². The van der Waals surface area contributed by atoms with Crippen molar-refractivity contribution in [2.24, 2.45) is 11.8 Å². The van der Waals surface area contributed by atoms with Crippen molar-refractivity contribution in [3.8, 4) is 0 Å². The van der Waals surface area contributed by atoms with Crippen LogP contribution in [0.3, 0.4) is 0 Å². The maximum atomic E-state index is 12.1. The Balaban J connectivity index is 1.63. The summed E-state index contributed by atoms with van der Waals surface area (Å²) in [7, 11) is 0. The number of carbonyl (C=O) groups excluding carboxylic acids is 1. The number of rotatable bonds is 3. The van der Waals surface area contributed by atoms with E-state index in [2.05, 4.69) is 6.08 Å². The molecule has 1 saturated heterocycles. The van der Waals surface area contributed by atoms with E-state index < -0.39 is 42.9 Å². The molecule has 0 radical (unpaired) electrons. The van der Waals surface area contributed by atoms with Crippen LogP contribution in [0.5, 0.6) is 0 Å². The molecule has 4 N–H and O–H groups in total. The summed E-state index contributed by atoms with van der Waals surface area (Å²) in [6.07, 6.45) is -2.77. The molecule has 8 nitrogen and oxygen atoms in total. The number of hydrogen-bond donors (Lipinski definition) is 4. The lowest BCUT2D eigenvalue weighted by molar-refractivity contribution is -0.332. The lowest BCUT2D eigenvalue weighted by Gasteiger charge is -2.46. The molecule has 0 amide bonds. The van der Waals surface area contributed by atoms with E-state index in [1.165, 1.54) is 0 Å². The molecule has 2 aliphatic heterocycles. The molecule has 8 heteroatoms. The molecule has 2 heterocycles. The van der Waals surface area contributed by atoms with Crippen molar-refractivity contribution >= 4 is 5.97 Å². The van der Waals surface area contributed by atoms with Crippen molar-refractivity contribution in [3.63, 3.8) is 0 Å². The first kappa shape index (κ1) is 21.0. The molecule has 0 aromatic carbocycles. The summed E-state index contributed by atoms with van der Waals surface area (Å²) in [4.78, 5) is 12.1. The topological polar surface area (TPSA) is 126 Å². The fourth-order valence-corrected chi connectivity index (χ4v) is 5.38. The van der Waals surface area contributed by atoms with E-state index in [1.807, 2.05) is 13.8 Å². The molecule has 0 bridgehead atoms. The van der Waals surface area contributed by atoms with Crippen LogP contribution in [0.25, 0.3) is 0 Å². The number of aliphatic hydroxyl groups excluding tert-OH is 4. The van der Waals surface area contributed by atoms with E-state index in [1.54, 1.807) is 6.92 Å². The minimum Gasteiger partial charge on any atom is -0.454 e. The summed E-state index contributed by atoms with van der Waals surface area (Å²) in [5.74, 6) is -0.290. The second kappa shape index (κ2) is 7.44. The maximum Gasteiger partial charge on any atom is 0.334 e. The van der Waals surface area contributed by atoms with Crippen LogP contribution in [-0.4, -0.2) is 75.4 Å². The van der Waals surface area contributed by atoms with Crippen molar-refractivity contribution in [1.82, 2.24) is 0 Å². The van der Waals surface area contributed by atoms with Gasteiger partial charge < -0.3 is 34.6 Å². The minimum atomic E-state index is -1.48. The van der Waals surface area contributed by atoms with E-state index in [0.29, 0.717) is 18.4 Å². The van der Waals surface area contributed by atoms with E-state index in [-0.39, 0.29) is 23.9 Å². The number of esters is 1. The van der Waals surface area contributed by atoms with Gasteiger partial charge in [0, 0.05) is 17.4 Å². The van der Waals surface area contributed by atoms with Crippen molar-refractivity contribution < 1.29 is 39.4 Å². The zero-order chi connectivity index (χ0) is 21.1. The summed E-state index contributed by atoms with van der Waals surface area (Å²) in [5.41, 5.74) is 2.08. The highest BCUT2D eigenvalue weighted by molar-refractivity contribution is 5.91. The van der Waals surface area contributed by atoms with E-state index in [4.69, 9.17) is 14.2 Å². The molecule has 9 unspecified atom stereocenters. The Hall–Kier alpha value is -1.29. The molecule has 2 aliphatic carbocycles. The first-order valence-electron chi connectivity index (χ1n) is 10.2. The van der Waals surface area contributed by atoms with Gasteiger partial charge in [0.1, 0.15) is 30.5 Å². The van der Waals surface area contributed by atoms with Gasteiger partial charge in [-0.05, 0) is 45.6 Å². The van der Waals surface area contributed by atoms with Gasteiger partial charge in [-0.1, -0.05) is 11.6 Å². The number of aliphatic hydroxyl groups is 4. The molecule has 1 saturated carbocycles. The van der Waals surface area contributed by atoms with Crippen LogP contribution < -0.4 is 0 Å². The molecule has 4 aliphatic rings. The van der Waals surface area contributed by atoms with E-state index >= 15 is 0 Å². The number of allylic oxidation sites excluding steroid dienone is 1. The summed E-state index contributed by atoms with van der Waals surface area (Å²) in [6.45, 7) is 5.28. The zero-order valence-electron chi connectivity index (χ0n) is 16.9. The smallest absolute Gasteiger partial charge is 0.334 e. The van der Waals surface area contributed by atoms with Crippen molar-refractivity contribution in [3.05, 3.63) is 22.8 Å². The van der Waals surface area contributed by atoms with Gasteiger partial charge in [-0.15, -0.1) is 0 Å². The Bertz CT molecular complexity index is 743. The van der Waals surface area contributed by atoms with Gasteiger partial charge in [-0.2, -0.15) is 0 Å². The molecule has 0 aromatic heterocycles. The van der Waals surface area contributed by atoms with Crippen LogP contribution >= 0.6 is 0 Å². The number of fused-ring (bicyclic) bond motifs is 3. The average molecular weight is 410 g/mol. The molecular formula is C21H30O8. The molecule has 29 heavy (non-hydrogen) atoms. The molecule has 0 spiro atoms. The average Bonchev–Trinajstić information content (AvgIpc) is 3.17. The minimum absolute atomic E-state index is 0.00364. The summed E-state index contributed by atoms with van der Waals surface area (Å²) >= 11 is 0. The van der Waals surface area contributed by atoms with Gasteiger partial charge in [-0.3, -0.25) is 0 Å². The Morgan fingerprint density at radius 2 is 1.93 bits per heavy atom. The highest BCUT2D eigenvalue weighted by Gasteiger charge is 2.55. The standard InChI is InChI=1S/C21H30O8/c1-9-4-5-12-14(9)18-11(10(2)19(26)28-18)6-7-21(12,3)29-20-17(25)16(24)15(23)13(8-22)27-20/h4,12-18,20,22-25H,5-8H2,1-3H3. The number of carbonyl (C=O) groups is 1. The summed E-state index contributed by atoms with van der Waals surface area (Å²) in [5, 5.41) is 40.0. The number of hydrogen-bond acceptors (Lipinski definition) is 8. The first-order valence-corrected chi connectivity index (χ1v) is 10.2. The lowest BCUT2D eigenvalue weighted by Crippen LogP contribution is -2.61. The second-order valence-corrected chi connectivity index (χ2v) is 8.92. The fraction of sp³-hybridized carbons (Fsp3) is 0.762. The van der Waals surface area contributed by atoms with Gasteiger partial charge in [0.25, 0.3) is 0 Å². The molecule has 0 aromatic rings. The van der Waals surface area contributed by atoms with Crippen LogP contribution in [-0.2, 0) is 19.0 Å². The third kappa shape index (κ3) is 3.26. The SMILES string of the molecule is CC1=CCC2C1C1OC(=O)C(C)=C1CCC2(C)OC1OC(CO)C(O)C(O)C1O. The largest absolute Gasteiger partial charge is 0.454 e. The third-order valence-corrected chi connectivity index (χ3v) is 7.25. The van der Waals surface area contributed by atoms with Gasteiger partial charge in [0.05, 0.1) is 12.2 Å². The number of ether oxygens (including phenoxy) is 3. The lowest BCUT2D eigenvalue weighted by atomic mass is 9.76. The third-order valence-electron chi connectivity index (χ3n) is 7.25. The highest BCUT2D eigenvalue weighted by atomic mass is 16.7. The molecule has 4 rings (SSSR count). The van der Waals surface area contributed by atoms with Crippen molar-refractivity contribution in [2.45, 2.75) is 82.4 Å². The van der Waals surface area contributed by atoms with Crippen LogP contribution in [0.2, 0.25) is 0 Å². The molecule has 9 atom stereocenters. The van der Waals surface area contributed by atoms with Crippen LogP contribution in [0.15, 0.2) is 22.8 Å². The van der Waals surface area contributed by atoms with E-state index in [0.717, 1.165) is 17.6 Å². The Kier molecular flexibility index (Phi) is 5.38. The first-order chi connectivity index (χ1) is 13.7. The Morgan fingerprint density at radius 3 is 2.62 bits per heavy atom. The predicted molar refractivity (Wildman–Crippen MR) is 100 cm³/mol. The Morgan fingerprint density at radius 1 is 1.21 bits per heavy atom. The van der Waals surface area contributed by atoms with Crippen LogP contribution in [0, 0.1) is 11.8 Å². The maximum absolute atomic E-state index is 12.1. The molecular weight excluding hydrogens is 380 g/mol. The van der Waals surface area contributed by atoms with Crippen LogP contribution in [0.1, 0.15) is 40.0 Å². The summed E-state index contributed by atoms with van der Waals surface area (Å²) < 4.78 is 17.6. The normalized spacial score (nSPS) is 47.4. The zero-order valence-corrected chi connectivity index (χ0v) is 16.9. The molecule has 162 valence electrons. The second-order valence-electron chi connectivity index (χ2n) is 8.92. The van der Waals surface area contributed by atoms with Gasteiger partial charge in [0.15, 0.2) is 6.29 Å². The summed E-state index contributed by atoms with van der Waals surface area (Å²) in [6, 6.07) is 0. The molecule has 2 fully saturated rings. The fourth-order valence-electron chi connectivity index (χ4n) is 5.38. The predicted octanol–water partition coefficient (Wildman–Crippen LogP) is 0.180.